The lowest BCUT2D eigenvalue weighted by Crippen LogP contribution is -2.10. The molecule has 0 heterocycles. The lowest BCUT2D eigenvalue weighted by molar-refractivity contribution is 0.145. The SMILES string of the molecule is C=C(C)CC(O)C1CC1CC. The Balaban J connectivity index is 2.22. The van der Waals surface area contributed by atoms with Crippen molar-refractivity contribution in [1.29, 1.82) is 0 Å². The van der Waals surface area contributed by atoms with Crippen LogP contribution in [-0.4, -0.2) is 11.2 Å². The minimum absolute atomic E-state index is 0.113. The number of rotatable bonds is 4. The second kappa shape index (κ2) is 3.40. The van der Waals surface area contributed by atoms with E-state index < -0.39 is 0 Å². The standard InChI is InChI=1S/C10H18O/c1-4-8-6-9(8)10(11)5-7(2)3/h8-11H,2,4-6H2,1,3H3. The maximum atomic E-state index is 9.60. The Bertz CT molecular complexity index is 151. The first kappa shape index (κ1) is 8.79. The third kappa shape index (κ3) is 2.33. The molecule has 0 aromatic heterocycles. The third-order valence-corrected chi connectivity index (χ3v) is 2.55. The summed E-state index contributed by atoms with van der Waals surface area (Å²) in [4.78, 5) is 0. The van der Waals surface area contributed by atoms with Gasteiger partial charge in [-0.2, -0.15) is 0 Å². The van der Waals surface area contributed by atoms with E-state index in [0.29, 0.717) is 5.92 Å². The average molecular weight is 154 g/mol. The fourth-order valence-corrected chi connectivity index (χ4v) is 1.72. The van der Waals surface area contributed by atoms with Gasteiger partial charge >= 0.3 is 0 Å². The molecule has 3 unspecified atom stereocenters. The molecule has 1 saturated carbocycles. The van der Waals surface area contributed by atoms with Crippen molar-refractivity contribution in [2.45, 2.75) is 39.2 Å². The highest BCUT2D eigenvalue weighted by Crippen LogP contribution is 2.44. The van der Waals surface area contributed by atoms with Crippen molar-refractivity contribution in [3.63, 3.8) is 0 Å². The molecule has 1 heteroatoms. The van der Waals surface area contributed by atoms with Crippen molar-refractivity contribution in [3.05, 3.63) is 12.2 Å². The summed E-state index contributed by atoms with van der Waals surface area (Å²) in [5, 5.41) is 9.60. The average Bonchev–Trinajstić information content (AvgIpc) is 2.63. The van der Waals surface area contributed by atoms with Crippen LogP contribution in [0.4, 0.5) is 0 Å². The second-order valence-electron chi connectivity index (χ2n) is 3.80. The first-order valence-electron chi connectivity index (χ1n) is 4.47. The van der Waals surface area contributed by atoms with Crippen LogP contribution in [0.1, 0.15) is 33.1 Å². The number of aliphatic hydroxyl groups is 1. The zero-order valence-electron chi connectivity index (χ0n) is 7.51. The van der Waals surface area contributed by atoms with E-state index in [2.05, 4.69) is 13.5 Å². The summed E-state index contributed by atoms with van der Waals surface area (Å²) in [6, 6.07) is 0. The summed E-state index contributed by atoms with van der Waals surface area (Å²) in [5.74, 6) is 1.38. The van der Waals surface area contributed by atoms with Crippen molar-refractivity contribution in [2.24, 2.45) is 11.8 Å². The van der Waals surface area contributed by atoms with E-state index in [9.17, 15) is 5.11 Å². The molecule has 1 aliphatic rings. The van der Waals surface area contributed by atoms with Crippen molar-refractivity contribution in [3.8, 4) is 0 Å². The Morgan fingerprint density at radius 3 is 2.73 bits per heavy atom. The van der Waals surface area contributed by atoms with Crippen molar-refractivity contribution >= 4 is 0 Å². The quantitative estimate of drug-likeness (QED) is 0.616. The Morgan fingerprint density at radius 2 is 2.36 bits per heavy atom. The maximum Gasteiger partial charge on any atom is 0.0608 e. The van der Waals surface area contributed by atoms with Gasteiger partial charge in [-0.05, 0) is 31.6 Å². The Kier molecular flexibility index (Phi) is 2.72. The van der Waals surface area contributed by atoms with E-state index in [-0.39, 0.29) is 6.10 Å². The first-order valence-corrected chi connectivity index (χ1v) is 4.47. The van der Waals surface area contributed by atoms with E-state index in [1.165, 1.54) is 12.8 Å². The molecular formula is C10H18O. The number of hydrogen-bond acceptors (Lipinski definition) is 1. The van der Waals surface area contributed by atoms with Gasteiger partial charge in [-0.25, -0.2) is 0 Å². The summed E-state index contributed by atoms with van der Waals surface area (Å²) in [5.41, 5.74) is 1.10. The molecule has 0 radical (unpaired) electrons. The number of hydrogen-bond donors (Lipinski definition) is 1. The minimum atomic E-state index is -0.113. The maximum absolute atomic E-state index is 9.60. The van der Waals surface area contributed by atoms with Crippen LogP contribution < -0.4 is 0 Å². The molecule has 0 aromatic rings. The molecule has 0 aromatic carbocycles. The molecule has 1 rings (SSSR count). The molecule has 1 nitrogen and oxygen atoms in total. The molecule has 64 valence electrons. The van der Waals surface area contributed by atoms with Crippen molar-refractivity contribution in [1.82, 2.24) is 0 Å². The van der Waals surface area contributed by atoms with Gasteiger partial charge in [0.1, 0.15) is 0 Å². The molecule has 0 aliphatic heterocycles. The molecule has 3 atom stereocenters. The summed E-state index contributed by atoms with van der Waals surface area (Å²) in [6.07, 6.45) is 3.13. The van der Waals surface area contributed by atoms with Crippen LogP contribution in [0.3, 0.4) is 0 Å². The molecule has 0 bridgehead atoms. The second-order valence-corrected chi connectivity index (χ2v) is 3.80. The fraction of sp³-hybridized carbons (Fsp3) is 0.800. The van der Waals surface area contributed by atoms with Gasteiger partial charge in [0.25, 0.3) is 0 Å². The Morgan fingerprint density at radius 1 is 1.73 bits per heavy atom. The van der Waals surface area contributed by atoms with Crippen LogP contribution in [0, 0.1) is 11.8 Å². The molecule has 11 heavy (non-hydrogen) atoms. The van der Waals surface area contributed by atoms with Crippen LogP contribution in [0.5, 0.6) is 0 Å². The van der Waals surface area contributed by atoms with Gasteiger partial charge in [-0.15, -0.1) is 6.58 Å². The van der Waals surface area contributed by atoms with Crippen LogP contribution >= 0.6 is 0 Å². The van der Waals surface area contributed by atoms with Gasteiger partial charge in [-0.1, -0.05) is 18.9 Å². The van der Waals surface area contributed by atoms with E-state index in [1.807, 2.05) is 6.92 Å². The highest BCUT2D eigenvalue weighted by Gasteiger charge is 2.40. The van der Waals surface area contributed by atoms with E-state index in [4.69, 9.17) is 0 Å². The van der Waals surface area contributed by atoms with Crippen LogP contribution in [-0.2, 0) is 0 Å². The lowest BCUT2D eigenvalue weighted by Gasteiger charge is -2.08. The van der Waals surface area contributed by atoms with Gasteiger partial charge in [0, 0.05) is 0 Å². The normalized spacial score (nSPS) is 31.5. The predicted molar refractivity (Wildman–Crippen MR) is 47.3 cm³/mol. The number of aliphatic hydroxyl groups excluding tert-OH is 1. The van der Waals surface area contributed by atoms with Crippen LogP contribution in [0.15, 0.2) is 12.2 Å². The van der Waals surface area contributed by atoms with Crippen molar-refractivity contribution in [2.75, 3.05) is 0 Å². The lowest BCUT2D eigenvalue weighted by atomic mass is 10.1. The van der Waals surface area contributed by atoms with E-state index in [0.717, 1.165) is 17.9 Å². The first-order chi connectivity index (χ1) is 5.15. The van der Waals surface area contributed by atoms with Crippen LogP contribution in [0.2, 0.25) is 0 Å². The van der Waals surface area contributed by atoms with E-state index >= 15 is 0 Å². The molecule has 1 fully saturated rings. The molecule has 1 N–H and O–H groups in total. The molecule has 0 saturated heterocycles. The third-order valence-electron chi connectivity index (χ3n) is 2.55. The minimum Gasteiger partial charge on any atom is -0.392 e. The van der Waals surface area contributed by atoms with Gasteiger partial charge in [0.15, 0.2) is 0 Å². The zero-order valence-corrected chi connectivity index (χ0v) is 7.51. The largest absolute Gasteiger partial charge is 0.392 e. The topological polar surface area (TPSA) is 20.2 Å². The zero-order chi connectivity index (χ0) is 8.43. The smallest absolute Gasteiger partial charge is 0.0608 e. The molecule has 0 amide bonds. The molecule has 0 spiro atoms. The van der Waals surface area contributed by atoms with E-state index in [1.54, 1.807) is 0 Å². The van der Waals surface area contributed by atoms with Gasteiger partial charge in [-0.3, -0.25) is 0 Å². The summed E-state index contributed by atoms with van der Waals surface area (Å²) in [6.45, 7) is 7.97. The summed E-state index contributed by atoms with van der Waals surface area (Å²) >= 11 is 0. The monoisotopic (exact) mass is 154 g/mol. The van der Waals surface area contributed by atoms with Gasteiger partial charge in [0.2, 0.25) is 0 Å². The summed E-state index contributed by atoms with van der Waals surface area (Å²) in [7, 11) is 0. The molecule has 1 aliphatic carbocycles. The van der Waals surface area contributed by atoms with Crippen molar-refractivity contribution < 1.29 is 5.11 Å². The Labute approximate surface area is 69.1 Å². The Hall–Kier alpha value is -0.300. The van der Waals surface area contributed by atoms with Gasteiger partial charge < -0.3 is 5.11 Å². The van der Waals surface area contributed by atoms with Gasteiger partial charge in [0.05, 0.1) is 6.10 Å². The highest BCUT2D eigenvalue weighted by molar-refractivity contribution is 4.98. The molecular weight excluding hydrogens is 136 g/mol. The highest BCUT2D eigenvalue weighted by atomic mass is 16.3. The predicted octanol–water partition coefficient (Wildman–Crippen LogP) is 2.36. The fourth-order valence-electron chi connectivity index (χ4n) is 1.72. The summed E-state index contributed by atoms with van der Waals surface area (Å²) < 4.78 is 0. The van der Waals surface area contributed by atoms with Crippen LogP contribution in [0.25, 0.3) is 0 Å².